The monoisotopic (exact) mass is 289 g/mol. The summed E-state index contributed by atoms with van der Waals surface area (Å²) in [5.74, 6) is 0.734. The Morgan fingerprint density at radius 3 is 2.62 bits per heavy atom. The van der Waals surface area contributed by atoms with E-state index in [1.807, 2.05) is 31.3 Å². The molecule has 1 aromatic carbocycles. The van der Waals surface area contributed by atoms with Gasteiger partial charge >= 0.3 is 0 Å². The molecule has 0 aliphatic carbocycles. The minimum Gasteiger partial charge on any atom is -0.396 e. The molecule has 0 atom stereocenters. The Kier molecular flexibility index (Phi) is 4.90. The smallest absolute Gasteiger partial charge is 0.181 e. The largest absolute Gasteiger partial charge is 0.396 e. The van der Waals surface area contributed by atoms with Crippen molar-refractivity contribution in [3.05, 3.63) is 24.3 Å². The summed E-state index contributed by atoms with van der Waals surface area (Å²) < 4.78 is 1.65. The molecule has 2 N–H and O–H groups in total. The molecule has 21 heavy (non-hydrogen) atoms. The second kappa shape index (κ2) is 6.67. The van der Waals surface area contributed by atoms with Crippen LogP contribution in [0.25, 0.3) is 11.4 Å². The van der Waals surface area contributed by atoms with Crippen LogP contribution in [0.2, 0.25) is 0 Å². The van der Waals surface area contributed by atoms with E-state index in [-0.39, 0.29) is 12.0 Å². The molecule has 2 rings (SSSR count). The SMILES string of the molecule is CCC(CC)(CO)CNc1cccc(-c2nnnn2C)c1. The number of aliphatic hydroxyl groups is 1. The molecule has 0 bridgehead atoms. The number of aromatic nitrogens is 4. The van der Waals surface area contributed by atoms with Gasteiger partial charge in [0.05, 0.1) is 6.61 Å². The number of anilines is 1. The Morgan fingerprint density at radius 1 is 1.29 bits per heavy atom. The Hall–Kier alpha value is -1.95. The highest BCUT2D eigenvalue weighted by molar-refractivity contribution is 5.62. The van der Waals surface area contributed by atoms with E-state index in [9.17, 15) is 5.11 Å². The van der Waals surface area contributed by atoms with E-state index in [4.69, 9.17) is 0 Å². The lowest BCUT2D eigenvalue weighted by atomic mass is 9.83. The molecule has 0 saturated carbocycles. The van der Waals surface area contributed by atoms with Crippen LogP contribution in [0.4, 0.5) is 5.69 Å². The van der Waals surface area contributed by atoms with Crippen molar-refractivity contribution in [1.82, 2.24) is 20.2 Å². The second-order valence-corrected chi connectivity index (χ2v) is 5.43. The molecule has 1 aromatic heterocycles. The molecule has 0 aliphatic rings. The minimum atomic E-state index is -0.0671. The van der Waals surface area contributed by atoms with E-state index in [1.54, 1.807) is 4.68 Å². The Bertz CT molecular complexity index is 569. The molecule has 0 saturated heterocycles. The lowest BCUT2D eigenvalue weighted by Gasteiger charge is -2.30. The van der Waals surface area contributed by atoms with Gasteiger partial charge in [-0.1, -0.05) is 26.0 Å². The second-order valence-electron chi connectivity index (χ2n) is 5.43. The van der Waals surface area contributed by atoms with Crippen LogP contribution in [0.3, 0.4) is 0 Å². The Balaban J connectivity index is 2.14. The summed E-state index contributed by atoms with van der Waals surface area (Å²) in [4.78, 5) is 0. The van der Waals surface area contributed by atoms with Gasteiger partial charge in [0, 0.05) is 30.3 Å². The van der Waals surface area contributed by atoms with Crippen LogP contribution in [0.1, 0.15) is 26.7 Å². The summed E-state index contributed by atoms with van der Waals surface area (Å²) in [6.07, 6.45) is 1.89. The number of nitrogens with zero attached hydrogens (tertiary/aromatic N) is 4. The van der Waals surface area contributed by atoms with Gasteiger partial charge in [0.25, 0.3) is 0 Å². The number of tetrazole rings is 1. The normalized spacial score (nSPS) is 11.6. The average Bonchev–Trinajstić information content (AvgIpc) is 2.96. The van der Waals surface area contributed by atoms with Crippen molar-refractivity contribution >= 4 is 5.69 Å². The van der Waals surface area contributed by atoms with Crippen molar-refractivity contribution in [2.45, 2.75) is 26.7 Å². The summed E-state index contributed by atoms with van der Waals surface area (Å²) in [5, 5.41) is 24.6. The van der Waals surface area contributed by atoms with Gasteiger partial charge in [-0.05, 0) is 35.4 Å². The third kappa shape index (κ3) is 3.39. The van der Waals surface area contributed by atoms with Gasteiger partial charge in [-0.3, -0.25) is 0 Å². The standard InChI is InChI=1S/C15H23N5O/c1-4-15(5-2,11-21)10-16-13-8-6-7-12(9-13)14-17-18-19-20(14)3/h6-9,16,21H,4-5,10-11H2,1-3H3. The number of nitrogens with one attached hydrogen (secondary N) is 1. The minimum absolute atomic E-state index is 0.0671. The quantitative estimate of drug-likeness (QED) is 0.816. The Labute approximate surface area is 125 Å². The number of rotatable bonds is 7. The van der Waals surface area contributed by atoms with Crippen LogP contribution < -0.4 is 5.32 Å². The fourth-order valence-electron chi connectivity index (χ4n) is 2.31. The molecular weight excluding hydrogens is 266 g/mol. The number of benzene rings is 1. The molecule has 0 unspecified atom stereocenters. The van der Waals surface area contributed by atoms with Gasteiger partial charge in [-0.15, -0.1) is 5.10 Å². The molecule has 2 aromatic rings. The fraction of sp³-hybridized carbons (Fsp3) is 0.533. The zero-order chi connectivity index (χ0) is 15.3. The van der Waals surface area contributed by atoms with Crippen LogP contribution in [0, 0.1) is 5.41 Å². The zero-order valence-corrected chi connectivity index (χ0v) is 12.9. The summed E-state index contributed by atoms with van der Waals surface area (Å²) in [7, 11) is 1.82. The maximum absolute atomic E-state index is 9.63. The lowest BCUT2D eigenvalue weighted by molar-refractivity contribution is 0.127. The van der Waals surface area contributed by atoms with E-state index < -0.39 is 0 Å². The molecule has 0 radical (unpaired) electrons. The third-order valence-electron chi connectivity index (χ3n) is 4.24. The summed E-state index contributed by atoms with van der Waals surface area (Å²) in [5.41, 5.74) is 1.91. The van der Waals surface area contributed by atoms with Gasteiger partial charge in [-0.25, -0.2) is 4.68 Å². The van der Waals surface area contributed by atoms with Crippen LogP contribution in [0.15, 0.2) is 24.3 Å². The molecule has 0 spiro atoms. The number of hydrogen-bond donors (Lipinski definition) is 2. The van der Waals surface area contributed by atoms with Crippen molar-refractivity contribution < 1.29 is 5.11 Å². The van der Waals surface area contributed by atoms with Crippen molar-refractivity contribution in [2.75, 3.05) is 18.5 Å². The maximum Gasteiger partial charge on any atom is 0.181 e. The van der Waals surface area contributed by atoms with E-state index >= 15 is 0 Å². The molecule has 6 nitrogen and oxygen atoms in total. The first-order chi connectivity index (χ1) is 10.1. The van der Waals surface area contributed by atoms with Crippen LogP contribution >= 0.6 is 0 Å². The summed E-state index contributed by atoms with van der Waals surface area (Å²) >= 11 is 0. The molecule has 0 aliphatic heterocycles. The molecule has 1 heterocycles. The lowest BCUT2D eigenvalue weighted by Crippen LogP contribution is -2.32. The van der Waals surface area contributed by atoms with Crippen molar-refractivity contribution in [1.29, 1.82) is 0 Å². The van der Waals surface area contributed by atoms with Gasteiger partial charge < -0.3 is 10.4 Å². The predicted molar refractivity (Wildman–Crippen MR) is 82.8 cm³/mol. The van der Waals surface area contributed by atoms with E-state index in [2.05, 4.69) is 34.7 Å². The number of hydrogen-bond acceptors (Lipinski definition) is 5. The van der Waals surface area contributed by atoms with E-state index in [0.29, 0.717) is 0 Å². The van der Waals surface area contributed by atoms with Gasteiger partial charge in [0.1, 0.15) is 0 Å². The van der Waals surface area contributed by atoms with E-state index in [0.717, 1.165) is 36.5 Å². The average molecular weight is 289 g/mol. The molecular formula is C15H23N5O. The highest BCUT2D eigenvalue weighted by Crippen LogP contribution is 2.27. The maximum atomic E-state index is 9.63. The number of aryl methyl sites for hydroxylation is 1. The zero-order valence-electron chi connectivity index (χ0n) is 12.9. The van der Waals surface area contributed by atoms with Crippen LogP contribution in [0.5, 0.6) is 0 Å². The predicted octanol–water partition coefficient (Wildman–Crippen LogP) is 2.09. The first-order valence-electron chi connectivity index (χ1n) is 7.31. The molecule has 6 heteroatoms. The Morgan fingerprint density at radius 2 is 2.05 bits per heavy atom. The summed E-state index contributed by atoms with van der Waals surface area (Å²) in [6, 6.07) is 8.00. The molecule has 114 valence electrons. The van der Waals surface area contributed by atoms with E-state index in [1.165, 1.54) is 0 Å². The summed E-state index contributed by atoms with van der Waals surface area (Å²) in [6.45, 7) is 5.17. The fourth-order valence-corrected chi connectivity index (χ4v) is 2.31. The highest BCUT2D eigenvalue weighted by Gasteiger charge is 2.24. The molecule has 0 amide bonds. The van der Waals surface area contributed by atoms with Crippen molar-refractivity contribution in [3.63, 3.8) is 0 Å². The molecule has 0 fully saturated rings. The van der Waals surface area contributed by atoms with Crippen LogP contribution in [-0.2, 0) is 7.05 Å². The number of aliphatic hydroxyl groups excluding tert-OH is 1. The topological polar surface area (TPSA) is 75.9 Å². The van der Waals surface area contributed by atoms with Gasteiger partial charge in [0.15, 0.2) is 5.82 Å². The first kappa shape index (κ1) is 15.4. The highest BCUT2D eigenvalue weighted by atomic mass is 16.3. The third-order valence-corrected chi connectivity index (χ3v) is 4.24. The van der Waals surface area contributed by atoms with Gasteiger partial charge in [0.2, 0.25) is 0 Å². The first-order valence-corrected chi connectivity index (χ1v) is 7.31. The van der Waals surface area contributed by atoms with Crippen LogP contribution in [-0.4, -0.2) is 38.5 Å². The van der Waals surface area contributed by atoms with Crippen molar-refractivity contribution in [2.24, 2.45) is 12.5 Å². The van der Waals surface area contributed by atoms with Gasteiger partial charge in [-0.2, -0.15) is 0 Å². The van der Waals surface area contributed by atoms with Crippen molar-refractivity contribution in [3.8, 4) is 11.4 Å².